The first-order valence-corrected chi connectivity index (χ1v) is 5.78. The molecule has 5 nitrogen and oxygen atoms in total. The number of aryl methyl sites for hydroxylation is 1. The quantitative estimate of drug-likeness (QED) is 0.753. The van der Waals surface area contributed by atoms with Crippen molar-refractivity contribution in [3.8, 4) is 0 Å². The second kappa shape index (κ2) is 6.98. The Hall–Kier alpha value is -1.59. The van der Waals surface area contributed by atoms with Gasteiger partial charge in [-0.05, 0) is 30.7 Å². The van der Waals surface area contributed by atoms with Crippen molar-refractivity contribution < 1.29 is 14.3 Å². The molecule has 0 aliphatic heterocycles. The van der Waals surface area contributed by atoms with Gasteiger partial charge in [-0.25, -0.2) is 0 Å². The van der Waals surface area contributed by atoms with Crippen molar-refractivity contribution in [3.05, 3.63) is 34.3 Å². The summed E-state index contributed by atoms with van der Waals surface area (Å²) in [6.45, 7) is 2.25. The molecule has 1 aromatic rings. The van der Waals surface area contributed by atoms with E-state index in [9.17, 15) is 9.59 Å². The lowest BCUT2D eigenvalue weighted by Gasteiger charge is -2.06. The van der Waals surface area contributed by atoms with E-state index in [1.54, 1.807) is 18.2 Å². The molecule has 18 heavy (non-hydrogen) atoms. The number of hydrogen-bond donors (Lipinski definition) is 2. The molecule has 98 valence electrons. The normalized spacial score (nSPS) is 10.1. The fourth-order valence-electron chi connectivity index (χ4n) is 1.38. The molecule has 0 spiro atoms. The zero-order chi connectivity index (χ0) is 13.5. The van der Waals surface area contributed by atoms with E-state index in [1.165, 1.54) is 0 Å². The molecule has 0 heterocycles. The maximum absolute atomic E-state index is 11.7. The van der Waals surface area contributed by atoms with Crippen LogP contribution in [-0.2, 0) is 9.53 Å². The molecule has 3 N–H and O–H groups in total. The molecule has 0 radical (unpaired) electrons. The molecule has 0 bridgehead atoms. The third-order valence-electron chi connectivity index (χ3n) is 2.08. The van der Waals surface area contributed by atoms with E-state index >= 15 is 0 Å². The third-order valence-corrected chi connectivity index (χ3v) is 2.30. The van der Waals surface area contributed by atoms with E-state index < -0.39 is 5.91 Å². The van der Waals surface area contributed by atoms with Crippen molar-refractivity contribution in [2.24, 2.45) is 5.73 Å². The predicted molar refractivity (Wildman–Crippen MR) is 68.5 cm³/mol. The van der Waals surface area contributed by atoms with Crippen LogP contribution in [0.2, 0.25) is 5.02 Å². The third kappa shape index (κ3) is 5.16. The van der Waals surface area contributed by atoms with E-state index in [0.29, 0.717) is 17.1 Å². The van der Waals surface area contributed by atoms with Gasteiger partial charge in [0.05, 0.1) is 6.61 Å². The SMILES string of the molecule is Cc1cc(Cl)cc(C(=O)NCCOCC(N)=O)c1. The summed E-state index contributed by atoms with van der Waals surface area (Å²) in [5.41, 5.74) is 6.30. The molecule has 0 fully saturated rings. The van der Waals surface area contributed by atoms with Crippen molar-refractivity contribution in [1.82, 2.24) is 5.32 Å². The summed E-state index contributed by atoms with van der Waals surface area (Å²) < 4.78 is 4.91. The van der Waals surface area contributed by atoms with Crippen LogP contribution in [0.15, 0.2) is 18.2 Å². The summed E-state index contributed by atoms with van der Waals surface area (Å²) in [6.07, 6.45) is 0. The second-order valence-corrected chi connectivity index (χ2v) is 4.23. The highest BCUT2D eigenvalue weighted by molar-refractivity contribution is 6.31. The van der Waals surface area contributed by atoms with Crippen molar-refractivity contribution in [3.63, 3.8) is 0 Å². The van der Waals surface area contributed by atoms with Gasteiger partial charge in [0.25, 0.3) is 5.91 Å². The highest BCUT2D eigenvalue weighted by atomic mass is 35.5. The molecule has 1 rings (SSSR count). The molecule has 0 atom stereocenters. The van der Waals surface area contributed by atoms with Crippen LogP contribution < -0.4 is 11.1 Å². The highest BCUT2D eigenvalue weighted by Gasteiger charge is 2.06. The Morgan fingerprint density at radius 3 is 2.72 bits per heavy atom. The van der Waals surface area contributed by atoms with Gasteiger partial charge in [-0.2, -0.15) is 0 Å². The zero-order valence-electron chi connectivity index (χ0n) is 10.0. The van der Waals surface area contributed by atoms with Crippen molar-refractivity contribution in [1.29, 1.82) is 0 Å². The number of hydrogen-bond acceptors (Lipinski definition) is 3. The Morgan fingerprint density at radius 2 is 2.11 bits per heavy atom. The lowest BCUT2D eigenvalue weighted by atomic mass is 10.1. The smallest absolute Gasteiger partial charge is 0.251 e. The maximum atomic E-state index is 11.7. The van der Waals surface area contributed by atoms with Gasteiger partial charge in [0.15, 0.2) is 0 Å². The molecule has 6 heteroatoms. The van der Waals surface area contributed by atoms with Gasteiger partial charge in [0.1, 0.15) is 6.61 Å². The number of primary amides is 1. The Kier molecular flexibility index (Phi) is 5.61. The standard InChI is InChI=1S/C12H15ClN2O3/c1-8-4-9(6-10(13)5-8)12(17)15-2-3-18-7-11(14)16/h4-6H,2-3,7H2,1H3,(H2,14,16)(H,15,17). The minimum absolute atomic E-state index is 0.147. The molecular formula is C12H15ClN2O3. The van der Waals surface area contributed by atoms with Crippen LogP contribution >= 0.6 is 11.6 Å². The first kappa shape index (κ1) is 14.5. The molecule has 1 aromatic carbocycles. The van der Waals surface area contributed by atoms with Crippen LogP contribution in [-0.4, -0.2) is 31.6 Å². The van der Waals surface area contributed by atoms with Crippen LogP contribution in [0.5, 0.6) is 0 Å². The van der Waals surface area contributed by atoms with Gasteiger partial charge in [-0.1, -0.05) is 11.6 Å². The number of carbonyl (C=O) groups excluding carboxylic acids is 2. The summed E-state index contributed by atoms with van der Waals surface area (Å²) in [5.74, 6) is -0.768. The van der Waals surface area contributed by atoms with Crippen LogP contribution in [0.1, 0.15) is 15.9 Å². The van der Waals surface area contributed by atoms with Crippen LogP contribution in [0.25, 0.3) is 0 Å². The zero-order valence-corrected chi connectivity index (χ0v) is 10.8. The summed E-state index contributed by atoms with van der Waals surface area (Å²) in [5, 5.41) is 3.17. The van der Waals surface area contributed by atoms with Gasteiger partial charge in [0.2, 0.25) is 5.91 Å². The second-order valence-electron chi connectivity index (χ2n) is 3.79. The minimum Gasteiger partial charge on any atom is -0.370 e. The van der Waals surface area contributed by atoms with Gasteiger partial charge >= 0.3 is 0 Å². The lowest BCUT2D eigenvalue weighted by Crippen LogP contribution is -2.28. The molecule has 0 aliphatic rings. The molecular weight excluding hydrogens is 256 g/mol. The number of amides is 2. The first-order chi connectivity index (χ1) is 8.49. The molecule has 0 aliphatic carbocycles. The number of ether oxygens (including phenoxy) is 1. The largest absolute Gasteiger partial charge is 0.370 e. The van der Waals surface area contributed by atoms with Crippen molar-refractivity contribution in [2.45, 2.75) is 6.92 Å². The number of nitrogens with two attached hydrogens (primary N) is 1. The summed E-state index contributed by atoms with van der Waals surface area (Å²) in [7, 11) is 0. The van der Waals surface area contributed by atoms with Crippen LogP contribution in [0, 0.1) is 6.92 Å². The Morgan fingerprint density at radius 1 is 1.39 bits per heavy atom. The average molecular weight is 271 g/mol. The number of carbonyl (C=O) groups is 2. The molecule has 0 aromatic heterocycles. The lowest BCUT2D eigenvalue weighted by molar-refractivity contribution is -0.122. The maximum Gasteiger partial charge on any atom is 0.251 e. The fraction of sp³-hybridized carbons (Fsp3) is 0.333. The summed E-state index contributed by atoms with van der Waals surface area (Å²) in [6, 6.07) is 5.11. The number of halogens is 1. The summed E-state index contributed by atoms with van der Waals surface area (Å²) in [4.78, 5) is 22.1. The molecule has 0 saturated carbocycles. The Balaban J connectivity index is 2.38. The molecule has 2 amide bonds. The van der Waals surface area contributed by atoms with Gasteiger partial charge in [-0.15, -0.1) is 0 Å². The minimum atomic E-state index is -0.535. The molecule has 0 unspecified atom stereocenters. The van der Waals surface area contributed by atoms with E-state index in [-0.39, 0.29) is 19.1 Å². The van der Waals surface area contributed by atoms with Gasteiger partial charge in [-0.3, -0.25) is 9.59 Å². The van der Waals surface area contributed by atoms with Crippen LogP contribution in [0.3, 0.4) is 0 Å². The first-order valence-electron chi connectivity index (χ1n) is 5.40. The van der Waals surface area contributed by atoms with Crippen LogP contribution in [0.4, 0.5) is 0 Å². The fourth-order valence-corrected chi connectivity index (χ4v) is 1.67. The van der Waals surface area contributed by atoms with Gasteiger partial charge < -0.3 is 15.8 Å². The van der Waals surface area contributed by atoms with E-state index in [4.69, 9.17) is 22.1 Å². The van der Waals surface area contributed by atoms with E-state index in [1.807, 2.05) is 6.92 Å². The Bertz CT molecular complexity index is 429. The number of rotatable bonds is 6. The summed E-state index contributed by atoms with van der Waals surface area (Å²) >= 11 is 5.86. The van der Waals surface area contributed by atoms with E-state index in [2.05, 4.69) is 5.32 Å². The van der Waals surface area contributed by atoms with Crippen molar-refractivity contribution >= 4 is 23.4 Å². The monoisotopic (exact) mass is 270 g/mol. The molecule has 0 saturated heterocycles. The van der Waals surface area contributed by atoms with Crippen molar-refractivity contribution in [2.75, 3.05) is 19.8 Å². The van der Waals surface area contributed by atoms with E-state index in [0.717, 1.165) is 5.56 Å². The predicted octanol–water partition coefficient (Wildman–Crippen LogP) is 0.880. The topological polar surface area (TPSA) is 81.4 Å². The average Bonchev–Trinajstić information content (AvgIpc) is 2.26. The number of nitrogens with one attached hydrogen (secondary N) is 1. The van der Waals surface area contributed by atoms with Gasteiger partial charge in [0, 0.05) is 17.1 Å². The number of benzene rings is 1. The Labute approximate surface area is 110 Å². The highest BCUT2D eigenvalue weighted by Crippen LogP contribution is 2.14.